The topological polar surface area (TPSA) is 32.8 Å². The minimum Gasteiger partial charge on any atom is -0.497 e. The number of likely N-dealkylation sites (tertiary alicyclic amines) is 1. The summed E-state index contributed by atoms with van der Waals surface area (Å²) in [5.74, 6) is 0.422. The summed E-state index contributed by atoms with van der Waals surface area (Å²) in [5.41, 5.74) is 2.90. The number of amides is 1. The SMILES string of the molecule is COc1ccc(CN2CC3(C(Cl)c4ccccc4N3Cc3ccccc3)C(Cl)(Cl)C2=O)cc1. The van der Waals surface area contributed by atoms with Gasteiger partial charge in [0, 0.05) is 25.3 Å². The van der Waals surface area contributed by atoms with Gasteiger partial charge in [0.05, 0.1) is 12.5 Å². The van der Waals surface area contributed by atoms with E-state index in [1.807, 2.05) is 78.9 Å². The molecule has 1 amide bonds. The summed E-state index contributed by atoms with van der Waals surface area (Å²) < 4.78 is 3.52. The number of methoxy groups -OCH3 is 1. The minimum atomic E-state index is -1.72. The fraction of sp³-hybridized carbons (Fsp3) is 0.269. The first-order valence-electron chi connectivity index (χ1n) is 10.7. The number of anilines is 1. The van der Waals surface area contributed by atoms with E-state index in [1.54, 1.807) is 12.0 Å². The second-order valence-corrected chi connectivity index (χ2v) is 10.3. The van der Waals surface area contributed by atoms with Gasteiger partial charge in [-0.15, -0.1) is 11.6 Å². The number of para-hydroxylation sites is 1. The Morgan fingerprint density at radius 3 is 2.24 bits per heavy atom. The van der Waals surface area contributed by atoms with Crippen molar-refractivity contribution in [2.75, 3.05) is 18.6 Å². The Morgan fingerprint density at radius 1 is 0.909 bits per heavy atom. The van der Waals surface area contributed by atoms with Crippen LogP contribution in [-0.4, -0.2) is 34.3 Å². The summed E-state index contributed by atoms with van der Waals surface area (Å²) in [4.78, 5) is 17.4. The molecule has 0 N–H and O–H groups in total. The van der Waals surface area contributed by atoms with E-state index in [1.165, 1.54) is 0 Å². The number of hydrogen-bond acceptors (Lipinski definition) is 3. The monoisotopic (exact) mass is 500 g/mol. The van der Waals surface area contributed by atoms with E-state index >= 15 is 0 Å². The lowest BCUT2D eigenvalue weighted by molar-refractivity contribution is -0.128. The highest BCUT2D eigenvalue weighted by Gasteiger charge is 2.71. The normalized spacial score (nSPS) is 23.3. The molecule has 3 aromatic carbocycles. The number of carbonyl (C=O) groups excluding carboxylic acids is 1. The first-order valence-corrected chi connectivity index (χ1v) is 11.9. The number of benzene rings is 3. The first kappa shape index (κ1) is 22.4. The van der Waals surface area contributed by atoms with Gasteiger partial charge in [0.2, 0.25) is 4.33 Å². The molecule has 2 heterocycles. The zero-order chi connectivity index (χ0) is 23.2. The number of carbonyl (C=O) groups is 1. The Bertz CT molecular complexity index is 1170. The summed E-state index contributed by atoms with van der Waals surface area (Å²) in [6.07, 6.45) is 0. The van der Waals surface area contributed by atoms with Gasteiger partial charge in [0.15, 0.2) is 0 Å². The number of hydrogen-bond donors (Lipinski definition) is 0. The van der Waals surface area contributed by atoms with Crippen molar-refractivity contribution in [2.45, 2.75) is 28.3 Å². The van der Waals surface area contributed by atoms with Gasteiger partial charge in [-0.1, -0.05) is 83.9 Å². The third-order valence-electron chi connectivity index (χ3n) is 6.65. The highest BCUT2D eigenvalue weighted by atomic mass is 35.5. The van der Waals surface area contributed by atoms with Crippen molar-refractivity contribution in [3.63, 3.8) is 0 Å². The number of ether oxygens (including phenoxy) is 1. The van der Waals surface area contributed by atoms with Crippen LogP contribution < -0.4 is 9.64 Å². The van der Waals surface area contributed by atoms with Gasteiger partial charge in [-0.25, -0.2) is 0 Å². The van der Waals surface area contributed by atoms with E-state index in [9.17, 15) is 4.79 Å². The molecule has 3 aromatic rings. The van der Waals surface area contributed by atoms with Crippen LogP contribution in [0.15, 0.2) is 78.9 Å². The lowest BCUT2D eigenvalue weighted by Gasteiger charge is -2.43. The average Bonchev–Trinajstić information content (AvgIpc) is 3.19. The molecule has 2 aliphatic rings. The van der Waals surface area contributed by atoms with E-state index in [-0.39, 0.29) is 5.91 Å². The highest BCUT2D eigenvalue weighted by molar-refractivity contribution is 6.60. The molecular formula is C26H23Cl3N2O2. The van der Waals surface area contributed by atoms with Crippen molar-refractivity contribution in [1.29, 1.82) is 0 Å². The molecule has 1 spiro atoms. The van der Waals surface area contributed by atoms with Gasteiger partial charge < -0.3 is 14.5 Å². The molecule has 0 radical (unpaired) electrons. The standard InChI is InChI=1S/C26H23Cl3N2O2/c1-33-20-13-11-19(12-14-20)15-30-17-25(26(28,29)24(30)32)23(27)21-9-5-6-10-22(21)31(25)16-18-7-3-2-4-8-18/h2-14,23H,15-17H2,1H3. The predicted octanol–water partition coefficient (Wildman–Crippen LogP) is 5.95. The second kappa shape index (κ2) is 8.43. The van der Waals surface area contributed by atoms with Crippen LogP contribution in [-0.2, 0) is 17.9 Å². The first-order chi connectivity index (χ1) is 15.9. The van der Waals surface area contributed by atoms with Gasteiger partial charge in [0.1, 0.15) is 11.3 Å². The smallest absolute Gasteiger partial charge is 0.262 e. The molecule has 2 unspecified atom stereocenters. The maximum Gasteiger partial charge on any atom is 0.262 e. The molecular weight excluding hydrogens is 479 g/mol. The molecule has 1 saturated heterocycles. The van der Waals surface area contributed by atoms with Crippen LogP contribution in [0.25, 0.3) is 0 Å². The van der Waals surface area contributed by atoms with Crippen LogP contribution in [0.2, 0.25) is 0 Å². The molecule has 2 atom stereocenters. The lowest BCUT2D eigenvalue weighted by Crippen LogP contribution is -2.59. The third-order valence-corrected chi connectivity index (χ3v) is 8.22. The summed E-state index contributed by atoms with van der Waals surface area (Å²) in [5, 5.41) is -0.558. The molecule has 0 aliphatic carbocycles. The van der Waals surface area contributed by atoms with Crippen molar-refractivity contribution in [1.82, 2.24) is 4.90 Å². The summed E-state index contributed by atoms with van der Waals surface area (Å²) in [6, 6.07) is 25.6. The number of rotatable bonds is 5. The van der Waals surface area contributed by atoms with Crippen molar-refractivity contribution in [3.8, 4) is 5.75 Å². The molecule has 5 rings (SSSR count). The molecule has 2 aliphatic heterocycles. The number of alkyl halides is 3. The average molecular weight is 502 g/mol. The summed E-state index contributed by atoms with van der Waals surface area (Å²) >= 11 is 21.0. The Kier molecular flexibility index (Phi) is 5.72. The summed E-state index contributed by atoms with van der Waals surface area (Å²) in [6.45, 7) is 1.22. The zero-order valence-corrected chi connectivity index (χ0v) is 20.3. The maximum absolute atomic E-state index is 13.6. The van der Waals surface area contributed by atoms with Crippen LogP contribution in [0.4, 0.5) is 5.69 Å². The van der Waals surface area contributed by atoms with Crippen LogP contribution in [0, 0.1) is 0 Å². The molecule has 170 valence electrons. The zero-order valence-electron chi connectivity index (χ0n) is 18.0. The Labute approximate surface area is 208 Å². The van der Waals surface area contributed by atoms with Gasteiger partial charge in [-0.3, -0.25) is 4.79 Å². The minimum absolute atomic E-state index is 0.306. The van der Waals surface area contributed by atoms with E-state index in [2.05, 4.69) is 4.90 Å². The fourth-order valence-electron chi connectivity index (χ4n) is 4.97. The number of fused-ring (bicyclic) bond motifs is 1. The van der Waals surface area contributed by atoms with E-state index in [0.29, 0.717) is 19.6 Å². The van der Waals surface area contributed by atoms with Crippen molar-refractivity contribution < 1.29 is 9.53 Å². The lowest BCUT2D eigenvalue weighted by atomic mass is 9.90. The van der Waals surface area contributed by atoms with Crippen LogP contribution in [0.1, 0.15) is 22.1 Å². The Morgan fingerprint density at radius 2 is 1.55 bits per heavy atom. The molecule has 0 aromatic heterocycles. The highest BCUT2D eigenvalue weighted by Crippen LogP contribution is 2.61. The Hall–Kier alpha value is -2.40. The molecule has 1 fully saturated rings. The van der Waals surface area contributed by atoms with E-state index < -0.39 is 15.2 Å². The van der Waals surface area contributed by atoms with E-state index in [4.69, 9.17) is 39.5 Å². The van der Waals surface area contributed by atoms with Gasteiger partial charge in [0.25, 0.3) is 5.91 Å². The third kappa shape index (κ3) is 3.47. The van der Waals surface area contributed by atoms with Crippen molar-refractivity contribution in [3.05, 3.63) is 95.6 Å². The van der Waals surface area contributed by atoms with Crippen LogP contribution >= 0.6 is 34.8 Å². The second-order valence-electron chi connectivity index (χ2n) is 8.50. The van der Waals surface area contributed by atoms with Gasteiger partial charge >= 0.3 is 0 Å². The predicted molar refractivity (Wildman–Crippen MR) is 133 cm³/mol. The fourth-order valence-corrected chi connectivity index (χ4v) is 6.40. The van der Waals surface area contributed by atoms with Crippen LogP contribution in [0.5, 0.6) is 5.75 Å². The molecule has 7 heteroatoms. The van der Waals surface area contributed by atoms with Gasteiger partial charge in [-0.2, -0.15) is 0 Å². The number of nitrogens with zero attached hydrogens (tertiary/aromatic N) is 2. The largest absolute Gasteiger partial charge is 0.497 e. The quantitative estimate of drug-likeness (QED) is 0.405. The van der Waals surface area contributed by atoms with Crippen molar-refractivity contribution >= 4 is 46.4 Å². The van der Waals surface area contributed by atoms with Crippen LogP contribution in [0.3, 0.4) is 0 Å². The van der Waals surface area contributed by atoms with Gasteiger partial charge in [-0.05, 0) is 34.9 Å². The molecule has 33 heavy (non-hydrogen) atoms. The molecule has 4 nitrogen and oxygen atoms in total. The Balaban J connectivity index is 1.55. The molecule has 0 bridgehead atoms. The van der Waals surface area contributed by atoms with Crippen molar-refractivity contribution in [2.24, 2.45) is 0 Å². The summed E-state index contributed by atoms with van der Waals surface area (Å²) in [7, 11) is 1.62. The van der Waals surface area contributed by atoms with E-state index in [0.717, 1.165) is 28.1 Å². The molecule has 0 saturated carbocycles. The maximum atomic E-state index is 13.6. The number of halogens is 3.